The Bertz CT molecular complexity index is 2790. The first kappa shape index (κ1) is 57.0. The van der Waals surface area contributed by atoms with Gasteiger partial charge in [-0.05, 0) is 68.7 Å². The van der Waals surface area contributed by atoms with Crippen molar-refractivity contribution in [3.8, 4) is 0 Å². The summed E-state index contributed by atoms with van der Waals surface area (Å²) in [7, 11) is -5.26. The lowest BCUT2D eigenvalue weighted by Gasteiger charge is -2.67. The molecule has 0 radical (unpaired) electrons. The first-order valence-corrected chi connectivity index (χ1v) is 25.5. The maximum absolute atomic E-state index is 16.3. The van der Waals surface area contributed by atoms with E-state index in [1.54, 1.807) is 42.5 Å². The third kappa shape index (κ3) is 10.7. The molecule has 4 aliphatic rings. The van der Waals surface area contributed by atoms with Crippen molar-refractivity contribution in [3.05, 3.63) is 119 Å². The number of ether oxygens (including phenoxy) is 7. The molecule has 0 spiro atoms. The standard InChI is InChI=1S/C52H58NO22P/c1-8-66-48(61)71-40(38(31-18-12-9-13-19-31)53-45(58)32-20-14-10-15-21-32)47(60)70-39-29(3)37-34(24-28(2)55)42(57)50(7)35(68-27-69-76(63,64)65)25-36-52(75-74-36,73-30(4)56)41(50)44(72-46(59)33-22-16-11-17-23-33)51(62,49(37,5)6)43(39)67-26-54/h9-23,26,34-36,38-41,43-44,62H,8,24-25,27H2,1-7H3,(H,53,58)(H2,63,64,65)/t34-,35+,36-,38+,39-,40-,41+,43+,44+,50-,51-,52-/m1/s1. The van der Waals surface area contributed by atoms with Crippen LogP contribution >= 0.6 is 7.82 Å². The second-order valence-electron chi connectivity index (χ2n) is 19.4. The number of phosphoric ester groups is 1. The number of carbonyl (C=O) groups is 8. The molecule has 3 aromatic rings. The Morgan fingerprint density at radius 1 is 0.882 bits per heavy atom. The van der Waals surface area contributed by atoms with E-state index in [1.165, 1.54) is 83.1 Å². The largest absolute Gasteiger partial charge is 0.509 e. The van der Waals surface area contributed by atoms with E-state index >= 15 is 9.59 Å². The minimum Gasteiger partial charge on any atom is -0.457 e. The zero-order valence-electron chi connectivity index (χ0n) is 42.3. The molecule has 0 aromatic heterocycles. The van der Waals surface area contributed by atoms with Crippen LogP contribution in [-0.2, 0) is 76.0 Å². The summed E-state index contributed by atoms with van der Waals surface area (Å²) in [6.07, 6.45) is -14.5. The Morgan fingerprint density at radius 2 is 1.49 bits per heavy atom. The monoisotopic (exact) mass is 1080 g/mol. The molecule has 4 N–H and O–H groups in total. The van der Waals surface area contributed by atoms with Crippen molar-refractivity contribution in [3.63, 3.8) is 0 Å². The van der Waals surface area contributed by atoms with Gasteiger partial charge in [-0.25, -0.2) is 23.8 Å². The van der Waals surface area contributed by atoms with Gasteiger partial charge in [-0.15, -0.1) is 0 Å². The summed E-state index contributed by atoms with van der Waals surface area (Å²) in [6.45, 7) is 7.46. The minimum atomic E-state index is -5.26. The van der Waals surface area contributed by atoms with Gasteiger partial charge in [0.1, 0.15) is 23.7 Å². The SMILES string of the molecule is CCOC(=O)O[C@@H](C(=O)O[C@@H]1C(C)=C2[C@@H](CC(C)=O)C(=O)[C@]3(C)[C@@H](OCOP(=O)(O)O)C[C@H]4OO[C@@]4(OC(C)=O)[C@H]3[C@H](OC(=O)c3ccccc3)[C@](O)([C@H]1OC=O)C2(C)C)[C@@H](NC(=O)c1ccccc1)c1ccccc1. The van der Waals surface area contributed by atoms with Crippen molar-refractivity contribution < 1.29 is 105 Å². The molecule has 24 heteroatoms. The van der Waals surface area contributed by atoms with E-state index in [0.717, 1.165) is 13.8 Å². The number of Topliss-reactive ketones (excluding diaryl/α,β-unsaturated/α-hetero) is 2. The van der Waals surface area contributed by atoms with Gasteiger partial charge in [-0.1, -0.05) is 80.6 Å². The molecular formula is C52H58NO22P. The van der Waals surface area contributed by atoms with Gasteiger partial charge < -0.3 is 53.4 Å². The number of fused-ring (bicyclic) bond motifs is 5. The summed E-state index contributed by atoms with van der Waals surface area (Å²) < 4.78 is 57.9. The first-order valence-electron chi connectivity index (χ1n) is 24.0. The first-order chi connectivity index (χ1) is 35.9. The van der Waals surface area contributed by atoms with E-state index in [-0.39, 0.29) is 40.9 Å². The lowest BCUT2D eigenvalue weighted by molar-refractivity contribution is -0.596. The molecule has 0 unspecified atom stereocenters. The molecule has 408 valence electrons. The number of hydrogen-bond acceptors (Lipinski definition) is 20. The molecule has 3 aliphatic carbocycles. The summed E-state index contributed by atoms with van der Waals surface area (Å²) in [5.41, 5.74) is -7.55. The van der Waals surface area contributed by atoms with E-state index in [1.807, 2.05) is 0 Å². The van der Waals surface area contributed by atoms with Crippen molar-refractivity contribution in [2.45, 2.75) is 115 Å². The van der Waals surface area contributed by atoms with Crippen LogP contribution < -0.4 is 5.32 Å². The smallest absolute Gasteiger partial charge is 0.457 e. The third-order valence-electron chi connectivity index (χ3n) is 14.6. The maximum atomic E-state index is 16.3. The summed E-state index contributed by atoms with van der Waals surface area (Å²) in [6, 6.07) is 21.3. The molecule has 7 rings (SSSR count). The van der Waals surface area contributed by atoms with Gasteiger partial charge >= 0.3 is 31.9 Å². The average molecular weight is 1080 g/mol. The van der Waals surface area contributed by atoms with Gasteiger partial charge in [0.05, 0.1) is 29.6 Å². The molecule has 2 bridgehead atoms. The summed E-state index contributed by atoms with van der Waals surface area (Å²) in [5.74, 6) is -12.3. The molecule has 23 nitrogen and oxygen atoms in total. The van der Waals surface area contributed by atoms with Crippen LogP contribution in [0.5, 0.6) is 0 Å². The predicted octanol–water partition coefficient (Wildman–Crippen LogP) is 4.71. The maximum Gasteiger partial charge on any atom is 0.509 e. The number of nitrogens with one attached hydrogen (secondary N) is 1. The van der Waals surface area contributed by atoms with Gasteiger partial charge in [0, 0.05) is 36.7 Å². The highest BCUT2D eigenvalue weighted by Crippen LogP contribution is 2.66. The molecule has 1 amide bonds. The van der Waals surface area contributed by atoms with Crippen LogP contribution in [0.25, 0.3) is 0 Å². The Balaban J connectivity index is 1.51. The lowest BCUT2D eigenvalue weighted by atomic mass is 9.44. The van der Waals surface area contributed by atoms with E-state index < -0.39 is 146 Å². The summed E-state index contributed by atoms with van der Waals surface area (Å²) in [5, 5.41) is 17.1. The molecule has 1 saturated heterocycles. The van der Waals surface area contributed by atoms with Crippen LogP contribution in [0, 0.1) is 22.7 Å². The number of ketones is 2. The van der Waals surface area contributed by atoms with Crippen LogP contribution in [0.2, 0.25) is 0 Å². The quantitative estimate of drug-likeness (QED) is 0.0240. The highest BCUT2D eigenvalue weighted by Gasteiger charge is 2.82. The van der Waals surface area contributed by atoms with Crippen LogP contribution in [0.4, 0.5) is 4.79 Å². The van der Waals surface area contributed by atoms with Gasteiger partial charge in [0.2, 0.25) is 6.10 Å². The highest BCUT2D eigenvalue weighted by atomic mass is 31.2. The van der Waals surface area contributed by atoms with Crippen LogP contribution in [0.1, 0.15) is 93.6 Å². The third-order valence-corrected chi connectivity index (χ3v) is 15.0. The second-order valence-corrected chi connectivity index (χ2v) is 20.6. The zero-order valence-corrected chi connectivity index (χ0v) is 43.2. The number of aliphatic hydroxyl groups is 1. The van der Waals surface area contributed by atoms with Gasteiger partial charge in [-0.2, -0.15) is 4.89 Å². The fraction of sp³-hybridized carbons (Fsp3) is 0.462. The second kappa shape index (κ2) is 22.5. The Kier molecular flexibility index (Phi) is 16.9. The fourth-order valence-electron chi connectivity index (χ4n) is 11.3. The number of phosphoric acid groups is 1. The molecule has 2 saturated carbocycles. The van der Waals surface area contributed by atoms with Gasteiger partial charge in [-0.3, -0.25) is 28.5 Å². The van der Waals surface area contributed by atoms with Crippen molar-refractivity contribution in [2.75, 3.05) is 13.4 Å². The van der Waals surface area contributed by atoms with Crippen molar-refractivity contribution in [2.24, 2.45) is 22.7 Å². The molecule has 3 aromatic carbocycles. The summed E-state index contributed by atoms with van der Waals surface area (Å²) >= 11 is 0. The Hall–Kier alpha value is -6.69. The Morgan fingerprint density at radius 3 is 2.03 bits per heavy atom. The van der Waals surface area contributed by atoms with E-state index in [2.05, 4.69) is 9.84 Å². The number of hydrogen-bond donors (Lipinski definition) is 4. The number of benzene rings is 3. The van der Waals surface area contributed by atoms with E-state index in [4.69, 9.17) is 42.9 Å². The topological polar surface area (TPSA) is 319 Å². The normalized spacial score (nSPS) is 29.2. The van der Waals surface area contributed by atoms with E-state index in [0.29, 0.717) is 0 Å². The number of carbonyl (C=O) groups excluding carboxylic acids is 8. The lowest BCUT2D eigenvalue weighted by Crippen LogP contribution is -2.83. The fourth-order valence-corrected chi connectivity index (χ4v) is 11.5. The number of rotatable bonds is 19. The molecule has 1 aliphatic heterocycles. The average Bonchev–Trinajstić information content (AvgIpc) is 3.36. The molecule has 76 heavy (non-hydrogen) atoms. The number of amides is 1. The Labute approximate surface area is 435 Å². The van der Waals surface area contributed by atoms with Gasteiger partial charge in [0.15, 0.2) is 30.7 Å². The molecule has 3 fully saturated rings. The molecule has 1 heterocycles. The summed E-state index contributed by atoms with van der Waals surface area (Å²) in [4.78, 5) is 144. The number of esters is 3. The predicted molar refractivity (Wildman–Crippen MR) is 256 cm³/mol. The van der Waals surface area contributed by atoms with Crippen molar-refractivity contribution in [1.82, 2.24) is 5.32 Å². The molecule has 12 atom stereocenters. The van der Waals surface area contributed by atoms with Crippen LogP contribution in [0.15, 0.2) is 102 Å². The minimum absolute atomic E-state index is 0.108. The molecular weight excluding hydrogens is 1020 g/mol. The van der Waals surface area contributed by atoms with Crippen molar-refractivity contribution in [1.29, 1.82) is 0 Å². The van der Waals surface area contributed by atoms with Crippen molar-refractivity contribution >= 4 is 55.8 Å². The van der Waals surface area contributed by atoms with E-state index in [9.17, 15) is 48.2 Å². The van der Waals surface area contributed by atoms with Crippen LogP contribution in [0.3, 0.4) is 0 Å². The highest BCUT2D eigenvalue weighted by molar-refractivity contribution is 7.46. The van der Waals surface area contributed by atoms with Crippen LogP contribution in [-0.4, -0.2) is 124 Å². The zero-order chi connectivity index (χ0) is 55.5. The van der Waals surface area contributed by atoms with Gasteiger partial charge in [0.25, 0.3) is 18.2 Å².